The smallest absolute Gasteiger partial charge is 0.243 e. The number of anilines is 1. The zero-order valence-electron chi connectivity index (χ0n) is 12.0. The zero-order valence-corrected chi connectivity index (χ0v) is 12.9. The number of nitrogens with two attached hydrogens (primary N) is 1. The van der Waals surface area contributed by atoms with E-state index in [2.05, 4.69) is 4.90 Å². The van der Waals surface area contributed by atoms with Crippen LogP contribution in [0.3, 0.4) is 0 Å². The van der Waals surface area contributed by atoms with Crippen LogP contribution in [0.5, 0.6) is 0 Å². The summed E-state index contributed by atoms with van der Waals surface area (Å²) in [5.74, 6) is -0.547. The van der Waals surface area contributed by atoms with Gasteiger partial charge in [0.2, 0.25) is 10.0 Å². The van der Waals surface area contributed by atoms with Crippen molar-refractivity contribution in [3.63, 3.8) is 0 Å². The van der Waals surface area contributed by atoms with Gasteiger partial charge < -0.3 is 5.73 Å². The van der Waals surface area contributed by atoms with Crippen LogP contribution in [0.25, 0.3) is 0 Å². The van der Waals surface area contributed by atoms with E-state index in [1.54, 1.807) is 0 Å². The molecule has 0 bridgehead atoms. The molecule has 1 unspecified atom stereocenters. The Kier molecular flexibility index (Phi) is 3.67. The zero-order chi connectivity index (χ0) is 15.2. The van der Waals surface area contributed by atoms with Crippen LogP contribution < -0.4 is 5.73 Å². The normalized spacial score (nSPS) is 24.2. The molecule has 21 heavy (non-hydrogen) atoms. The highest BCUT2D eigenvalue weighted by atomic mass is 32.2. The van der Waals surface area contributed by atoms with Gasteiger partial charge in [-0.1, -0.05) is 0 Å². The number of fused-ring (bicyclic) bond motifs is 1. The lowest BCUT2D eigenvalue weighted by Gasteiger charge is -2.36. The third-order valence-electron chi connectivity index (χ3n) is 4.44. The van der Waals surface area contributed by atoms with E-state index in [0.717, 1.165) is 25.9 Å². The van der Waals surface area contributed by atoms with E-state index in [0.29, 0.717) is 19.1 Å². The van der Waals surface area contributed by atoms with Gasteiger partial charge in [-0.15, -0.1) is 0 Å². The number of benzene rings is 1. The van der Waals surface area contributed by atoms with Crippen molar-refractivity contribution in [2.24, 2.45) is 0 Å². The number of nitrogens with zero attached hydrogens (tertiary/aromatic N) is 2. The van der Waals surface area contributed by atoms with E-state index >= 15 is 0 Å². The highest BCUT2D eigenvalue weighted by Gasteiger charge is 2.36. The monoisotopic (exact) mass is 313 g/mol. The van der Waals surface area contributed by atoms with E-state index in [1.165, 1.54) is 23.4 Å². The Morgan fingerprint density at radius 2 is 2.05 bits per heavy atom. The molecule has 5 nitrogen and oxygen atoms in total. The minimum atomic E-state index is -3.60. The van der Waals surface area contributed by atoms with Gasteiger partial charge in [-0.2, -0.15) is 4.31 Å². The summed E-state index contributed by atoms with van der Waals surface area (Å²) in [6.45, 7) is 4.34. The number of sulfonamides is 1. The molecule has 2 fully saturated rings. The molecule has 2 N–H and O–H groups in total. The summed E-state index contributed by atoms with van der Waals surface area (Å²) < 4.78 is 40.5. The second-order valence-electron chi connectivity index (χ2n) is 5.84. The first-order chi connectivity index (χ1) is 9.89. The lowest BCUT2D eigenvalue weighted by atomic mass is 10.2. The second kappa shape index (κ2) is 5.23. The van der Waals surface area contributed by atoms with Crippen molar-refractivity contribution < 1.29 is 12.8 Å². The minimum absolute atomic E-state index is 0.0883. The van der Waals surface area contributed by atoms with Crippen molar-refractivity contribution in [3.05, 3.63) is 23.5 Å². The quantitative estimate of drug-likeness (QED) is 0.833. The summed E-state index contributed by atoms with van der Waals surface area (Å²) in [6.07, 6.45) is 2.16. The number of halogens is 1. The number of hydrogen-bond donors (Lipinski definition) is 1. The first-order valence-corrected chi connectivity index (χ1v) is 8.63. The second-order valence-corrected chi connectivity index (χ2v) is 7.78. The van der Waals surface area contributed by atoms with Crippen LogP contribution in [0.2, 0.25) is 0 Å². The fourth-order valence-electron chi connectivity index (χ4n) is 3.24. The Bertz CT molecular complexity index is 639. The first-order valence-electron chi connectivity index (χ1n) is 7.19. The van der Waals surface area contributed by atoms with Crippen molar-refractivity contribution in [1.29, 1.82) is 0 Å². The van der Waals surface area contributed by atoms with E-state index in [1.807, 2.05) is 0 Å². The number of hydrogen-bond acceptors (Lipinski definition) is 4. The van der Waals surface area contributed by atoms with Crippen molar-refractivity contribution >= 4 is 15.7 Å². The summed E-state index contributed by atoms with van der Waals surface area (Å²) in [6, 6.07) is 2.90. The molecule has 0 amide bonds. The van der Waals surface area contributed by atoms with Crippen molar-refractivity contribution in [1.82, 2.24) is 9.21 Å². The van der Waals surface area contributed by atoms with Crippen LogP contribution in [-0.2, 0) is 10.0 Å². The maximum Gasteiger partial charge on any atom is 0.243 e. The van der Waals surface area contributed by atoms with Crippen molar-refractivity contribution in [2.75, 3.05) is 31.9 Å². The van der Waals surface area contributed by atoms with Gasteiger partial charge in [-0.25, -0.2) is 12.8 Å². The van der Waals surface area contributed by atoms with Crippen molar-refractivity contribution in [3.8, 4) is 0 Å². The molecule has 0 aliphatic carbocycles. The maximum absolute atomic E-state index is 13.6. The Labute approximate surface area is 124 Å². The Morgan fingerprint density at radius 1 is 1.29 bits per heavy atom. The van der Waals surface area contributed by atoms with Gasteiger partial charge in [-0.05, 0) is 44.0 Å². The Morgan fingerprint density at radius 3 is 2.76 bits per heavy atom. The number of aryl methyl sites for hydroxylation is 1. The molecule has 1 aromatic carbocycles. The lowest BCUT2D eigenvalue weighted by molar-refractivity contribution is 0.158. The van der Waals surface area contributed by atoms with Gasteiger partial charge in [0.25, 0.3) is 0 Å². The lowest BCUT2D eigenvalue weighted by Crippen LogP contribution is -2.51. The van der Waals surface area contributed by atoms with Gasteiger partial charge in [0, 0.05) is 25.7 Å². The molecule has 1 atom stereocenters. The summed E-state index contributed by atoms with van der Waals surface area (Å²) in [5.41, 5.74) is 5.71. The molecule has 2 aliphatic rings. The molecule has 3 rings (SSSR count). The van der Waals surface area contributed by atoms with Gasteiger partial charge in [0.1, 0.15) is 5.82 Å². The number of piperazine rings is 1. The maximum atomic E-state index is 13.6. The third-order valence-corrected chi connectivity index (χ3v) is 6.29. The molecule has 0 saturated carbocycles. The van der Waals surface area contributed by atoms with Crippen LogP contribution in [0, 0.1) is 12.7 Å². The Hall–Kier alpha value is -1.18. The molecule has 7 heteroatoms. The van der Waals surface area contributed by atoms with Crippen LogP contribution in [-0.4, -0.2) is 49.8 Å². The molecule has 0 spiro atoms. The van der Waals surface area contributed by atoms with Crippen LogP contribution in [0.1, 0.15) is 18.4 Å². The molecule has 0 aromatic heterocycles. The standard InChI is InChI=1S/C14H20FN3O2S/c1-10-7-12(8-13(16)14(10)15)21(19,20)18-6-5-17-4-2-3-11(17)9-18/h7-8,11H,2-6,9,16H2,1H3. The average molecular weight is 313 g/mol. The van der Waals surface area contributed by atoms with Gasteiger partial charge >= 0.3 is 0 Å². The molecule has 0 radical (unpaired) electrons. The average Bonchev–Trinajstić information content (AvgIpc) is 2.91. The largest absolute Gasteiger partial charge is 0.396 e. The minimum Gasteiger partial charge on any atom is -0.396 e. The third kappa shape index (κ3) is 2.54. The molecular weight excluding hydrogens is 293 g/mol. The summed E-state index contributed by atoms with van der Waals surface area (Å²) in [7, 11) is -3.60. The van der Waals surface area contributed by atoms with E-state index in [-0.39, 0.29) is 16.1 Å². The first kappa shape index (κ1) is 14.7. The predicted octanol–water partition coefficient (Wildman–Crippen LogP) is 1.19. The molecule has 2 aliphatic heterocycles. The molecule has 1 aromatic rings. The highest BCUT2D eigenvalue weighted by molar-refractivity contribution is 7.89. The van der Waals surface area contributed by atoms with E-state index < -0.39 is 15.8 Å². The summed E-state index contributed by atoms with van der Waals surface area (Å²) >= 11 is 0. The van der Waals surface area contributed by atoms with Gasteiger partial charge in [-0.3, -0.25) is 4.90 Å². The topological polar surface area (TPSA) is 66.6 Å². The molecule has 2 saturated heterocycles. The fraction of sp³-hybridized carbons (Fsp3) is 0.571. The predicted molar refractivity (Wildman–Crippen MR) is 78.9 cm³/mol. The number of nitrogen functional groups attached to an aromatic ring is 1. The SMILES string of the molecule is Cc1cc(S(=O)(=O)N2CCN3CCCC3C2)cc(N)c1F. The number of rotatable bonds is 2. The molecule has 2 heterocycles. The van der Waals surface area contributed by atoms with Gasteiger partial charge in [0.05, 0.1) is 10.6 Å². The molecular formula is C14H20FN3O2S. The summed E-state index contributed by atoms with van der Waals surface area (Å²) in [5, 5.41) is 0. The van der Waals surface area contributed by atoms with Gasteiger partial charge in [0.15, 0.2) is 0 Å². The van der Waals surface area contributed by atoms with Crippen LogP contribution in [0.15, 0.2) is 17.0 Å². The van der Waals surface area contributed by atoms with Crippen LogP contribution >= 0.6 is 0 Å². The summed E-state index contributed by atoms with van der Waals surface area (Å²) in [4.78, 5) is 2.43. The van der Waals surface area contributed by atoms with Crippen LogP contribution in [0.4, 0.5) is 10.1 Å². The van der Waals surface area contributed by atoms with Crippen molar-refractivity contribution in [2.45, 2.75) is 30.7 Å². The fourth-order valence-corrected chi connectivity index (χ4v) is 4.83. The van der Waals surface area contributed by atoms with E-state index in [4.69, 9.17) is 5.73 Å². The Balaban J connectivity index is 1.90. The highest BCUT2D eigenvalue weighted by Crippen LogP contribution is 2.28. The van der Waals surface area contributed by atoms with E-state index in [9.17, 15) is 12.8 Å². The molecule has 116 valence electrons.